The van der Waals surface area contributed by atoms with Crippen molar-refractivity contribution in [1.29, 1.82) is 0 Å². The fourth-order valence-electron chi connectivity index (χ4n) is 3.60. The number of tetrazole rings is 1. The summed E-state index contributed by atoms with van der Waals surface area (Å²) in [6.45, 7) is 3.25. The Balaban J connectivity index is 1.45. The predicted octanol–water partition coefficient (Wildman–Crippen LogP) is -0.202. The van der Waals surface area contributed by atoms with Crippen LogP contribution in [0.3, 0.4) is 0 Å². The maximum absolute atomic E-state index is 12.5. The van der Waals surface area contributed by atoms with E-state index < -0.39 is 0 Å². The summed E-state index contributed by atoms with van der Waals surface area (Å²) < 4.78 is 3.79. The average Bonchev–Trinajstić information content (AvgIpc) is 3.29. The molecular weight excluding hydrogens is 316 g/mol. The van der Waals surface area contributed by atoms with Crippen LogP contribution in [0.15, 0.2) is 5.38 Å². The topological polar surface area (TPSA) is 92.9 Å². The molecule has 0 unspecified atom stereocenters. The first-order valence-electron chi connectivity index (χ1n) is 7.74. The number of carbonyl (C=O) groups is 1. The first kappa shape index (κ1) is 14.6. The Morgan fingerprint density at radius 2 is 2.22 bits per heavy atom. The molecule has 2 aliphatic heterocycles. The van der Waals surface area contributed by atoms with Crippen LogP contribution in [0, 0.1) is 5.92 Å². The number of aryl methyl sites for hydroxylation is 1. The van der Waals surface area contributed by atoms with E-state index in [1.54, 1.807) is 12.4 Å². The molecule has 0 radical (unpaired) electrons. The minimum Gasteiger partial charge on any atom is -0.336 e. The molecule has 0 saturated carbocycles. The molecular formula is C13H18N8OS. The molecule has 4 rings (SSSR count). The van der Waals surface area contributed by atoms with Crippen LogP contribution >= 0.6 is 11.5 Å². The molecule has 2 saturated heterocycles. The number of amides is 1. The largest absolute Gasteiger partial charge is 0.336 e. The van der Waals surface area contributed by atoms with Gasteiger partial charge < -0.3 is 4.90 Å². The van der Waals surface area contributed by atoms with Gasteiger partial charge in [0.1, 0.15) is 0 Å². The second-order valence-corrected chi connectivity index (χ2v) is 6.72. The fourth-order valence-corrected chi connectivity index (χ4v) is 4.03. The van der Waals surface area contributed by atoms with Gasteiger partial charge in [-0.25, -0.2) is 0 Å². The lowest BCUT2D eigenvalue weighted by Gasteiger charge is -2.37. The number of aromatic nitrogens is 6. The molecule has 2 atom stereocenters. The Hall–Kier alpha value is -1.94. The lowest BCUT2D eigenvalue weighted by Crippen LogP contribution is -2.50. The summed E-state index contributed by atoms with van der Waals surface area (Å²) in [6, 6.07) is 0.364. The summed E-state index contributed by atoms with van der Waals surface area (Å²) in [5.41, 5.74) is 0.452. The zero-order chi connectivity index (χ0) is 15.8. The molecule has 122 valence electrons. The van der Waals surface area contributed by atoms with Crippen LogP contribution < -0.4 is 0 Å². The third-order valence-corrected chi connectivity index (χ3v) is 5.24. The normalized spacial score (nSPS) is 24.8. The summed E-state index contributed by atoms with van der Waals surface area (Å²) in [7, 11) is 1.77. The number of rotatable bonds is 3. The van der Waals surface area contributed by atoms with Crippen LogP contribution in [0.5, 0.6) is 0 Å². The number of likely N-dealkylation sites (tertiary alicyclic amines) is 2. The van der Waals surface area contributed by atoms with Gasteiger partial charge in [0.05, 0.1) is 13.6 Å². The number of hydrogen-bond donors (Lipinski definition) is 0. The zero-order valence-corrected chi connectivity index (χ0v) is 13.7. The number of hydrogen-bond acceptors (Lipinski definition) is 8. The second kappa shape index (κ2) is 5.93. The van der Waals surface area contributed by atoms with E-state index in [1.165, 1.54) is 22.7 Å². The Bertz CT molecular complexity index is 686. The van der Waals surface area contributed by atoms with Crippen LogP contribution in [-0.2, 0) is 13.6 Å². The van der Waals surface area contributed by atoms with E-state index in [2.05, 4.69) is 29.9 Å². The van der Waals surface area contributed by atoms with Gasteiger partial charge in [-0.3, -0.25) is 9.69 Å². The number of fused-ring (bicyclic) bond motifs is 1. The van der Waals surface area contributed by atoms with Gasteiger partial charge in [0, 0.05) is 24.5 Å². The van der Waals surface area contributed by atoms with Crippen molar-refractivity contribution in [1.82, 2.24) is 39.6 Å². The molecule has 0 N–H and O–H groups in total. The van der Waals surface area contributed by atoms with Gasteiger partial charge in [-0.05, 0) is 42.1 Å². The van der Waals surface area contributed by atoms with Crippen molar-refractivity contribution in [2.24, 2.45) is 13.0 Å². The minimum absolute atomic E-state index is 0.0123. The molecule has 1 amide bonds. The molecule has 2 fully saturated rings. The quantitative estimate of drug-likeness (QED) is 0.767. The number of carbonyl (C=O) groups excluding carboxylic acids is 1. The Morgan fingerprint density at radius 1 is 1.35 bits per heavy atom. The number of piperidine rings is 1. The van der Waals surface area contributed by atoms with Crippen LogP contribution in [0.25, 0.3) is 0 Å². The standard InChI is InChI=1S/C13H18N8OS/c1-19-16-12(15-17-19)7-20-4-2-9-3-5-21(6-11(9)20)13(22)10-8-23-18-14-10/h8-9,11H,2-7H2,1H3/t9-,11+/m1/s1. The second-order valence-electron chi connectivity index (χ2n) is 6.11. The SMILES string of the molecule is Cn1nnc(CN2CC[C@@H]3CCN(C(=O)c4csnn4)C[C@@H]32)n1. The van der Waals surface area contributed by atoms with Crippen LogP contribution in [0.1, 0.15) is 29.2 Å². The summed E-state index contributed by atoms with van der Waals surface area (Å²) >= 11 is 1.21. The van der Waals surface area contributed by atoms with E-state index in [0.717, 1.165) is 31.9 Å². The molecule has 0 bridgehead atoms. The van der Waals surface area contributed by atoms with E-state index in [0.29, 0.717) is 24.2 Å². The third-order valence-electron chi connectivity index (χ3n) is 4.74. The lowest BCUT2D eigenvalue weighted by atomic mass is 9.92. The monoisotopic (exact) mass is 334 g/mol. The summed E-state index contributed by atoms with van der Waals surface area (Å²) in [4.78, 5) is 18.3. The van der Waals surface area contributed by atoms with Crippen LogP contribution in [0.4, 0.5) is 0 Å². The molecule has 10 heteroatoms. The smallest absolute Gasteiger partial charge is 0.275 e. The van der Waals surface area contributed by atoms with Gasteiger partial charge in [0.2, 0.25) is 0 Å². The van der Waals surface area contributed by atoms with Crippen molar-refractivity contribution >= 4 is 17.4 Å². The highest BCUT2D eigenvalue weighted by molar-refractivity contribution is 7.03. The highest BCUT2D eigenvalue weighted by Gasteiger charge is 2.40. The summed E-state index contributed by atoms with van der Waals surface area (Å²) in [6.07, 6.45) is 2.21. The molecule has 4 heterocycles. The van der Waals surface area contributed by atoms with Crippen molar-refractivity contribution in [3.8, 4) is 0 Å². The van der Waals surface area contributed by atoms with E-state index in [-0.39, 0.29) is 5.91 Å². The van der Waals surface area contributed by atoms with Crippen molar-refractivity contribution in [3.05, 3.63) is 16.9 Å². The highest BCUT2D eigenvalue weighted by atomic mass is 32.1. The van der Waals surface area contributed by atoms with Crippen molar-refractivity contribution < 1.29 is 4.79 Å². The van der Waals surface area contributed by atoms with Gasteiger partial charge in [-0.15, -0.1) is 15.3 Å². The highest BCUT2D eigenvalue weighted by Crippen LogP contribution is 2.32. The maximum Gasteiger partial charge on any atom is 0.275 e. The first-order chi connectivity index (χ1) is 11.2. The van der Waals surface area contributed by atoms with Gasteiger partial charge in [0.25, 0.3) is 5.91 Å². The first-order valence-corrected chi connectivity index (χ1v) is 8.57. The van der Waals surface area contributed by atoms with Crippen molar-refractivity contribution in [2.45, 2.75) is 25.4 Å². The zero-order valence-electron chi connectivity index (χ0n) is 12.9. The van der Waals surface area contributed by atoms with Crippen LogP contribution in [0.2, 0.25) is 0 Å². The van der Waals surface area contributed by atoms with Gasteiger partial charge in [-0.2, -0.15) is 4.80 Å². The number of nitrogens with zero attached hydrogens (tertiary/aromatic N) is 8. The molecule has 2 aliphatic rings. The Kier molecular flexibility index (Phi) is 3.77. The lowest BCUT2D eigenvalue weighted by molar-refractivity contribution is 0.0562. The maximum atomic E-state index is 12.5. The Labute approximate surface area is 137 Å². The molecule has 0 aromatic carbocycles. The molecule has 2 aromatic heterocycles. The summed E-state index contributed by atoms with van der Waals surface area (Å²) in [5.74, 6) is 1.37. The van der Waals surface area contributed by atoms with Crippen LogP contribution in [-0.4, -0.2) is 71.2 Å². The fraction of sp³-hybridized carbons (Fsp3) is 0.692. The van der Waals surface area contributed by atoms with E-state index in [1.807, 2.05) is 4.90 Å². The molecule has 2 aromatic rings. The average molecular weight is 334 g/mol. The van der Waals surface area contributed by atoms with E-state index >= 15 is 0 Å². The van der Waals surface area contributed by atoms with Gasteiger partial charge in [0.15, 0.2) is 11.5 Å². The Morgan fingerprint density at radius 3 is 2.96 bits per heavy atom. The summed E-state index contributed by atoms with van der Waals surface area (Å²) in [5, 5.41) is 17.8. The predicted molar refractivity (Wildman–Crippen MR) is 81.5 cm³/mol. The van der Waals surface area contributed by atoms with E-state index in [9.17, 15) is 4.79 Å². The molecule has 9 nitrogen and oxygen atoms in total. The minimum atomic E-state index is -0.0123. The van der Waals surface area contributed by atoms with E-state index in [4.69, 9.17) is 0 Å². The van der Waals surface area contributed by atoms with Crippen molar-refractivity contribution in [3.63, 3.8) is 0 Å². The van der Waals surface area contributed by atoms with Crippen molar-refractivity contribution in [2.75, 3.05) is 19.6 Å². The molecule has 23 heavy (non-hydrogen) atoms. The van der Waals surface area contributed by atoms with Gasteiger partial charge in [-0.1, -0.05) is 4.49 Å². The third kappa shape index (κ3) is 2.83. The van der Waals surface area contributed by atoms with Gasteiger partial charge >= 0.3 is 0 Å². The molecule has 0 spiro atoms. The molecule has 0 aliphatic carbocycles.